The van der Waals surface area contributed by atoms with Crippen LogP contribution < -0.4 is 9.62 Å². The number of rotatable bonds is 9. The van der Waals surface area contributed by atoms with E-state index in [0.717, 1.165) is 17.7 Å². The number of hydrogen-bond donors (Lipinski definition) is 1. The predicted molar refractivity (Wildman–Crippen MR) is 138 cm³/mol. The summed E-state index contributed by atoms with van der Waals surface area (Å²) in [6.07, 6.45) is -4.73. The fourth-order valence-electron chi connectivity index (χ4n) is 3.88. The van der Waals surface area contributed by atoms with E-state index in [9.17, 15) is 31.2 Å². The van der Waals surface area contributed by atoms with Gasteiger partial charge in [0.1, 0.15) is 12.6 Å². The van der Waals surface area contributed by atoms with Crippen molar-refractivity contribution in [2.45, 2.75) is 37.5 Å². The summed E-state index contributed by atoms with van der Waals surface area (Å²) >= 11 is 0. The lowest BCUT2D eigenvalue weighted by Gasteiger charge is -2.32. The van der Waals surface area contributed by atoms with E-state index in [0.29, 0.717) is 15.9 Å². The van der Waals surface area contributed by atoms with E-state index in [4.69, 9.17) is 0 Å². The SMILES string of the molecule is CNC(=O)C(C)N(Cc1cccc(C)c1)C(=O)CN(c1cccc(C(F)(F)F)c1)S(=O)(=O)c1ccccc1. The van der Waals surface area contributed by atoms with Gasteiger partial charge in [-0.2, -0.15) is 13.2 Å². The van der Waals surface area contributed by atoms with E-state index < -0.39 is 46.2 Å². The second kappa shape index (κ2) is 11.7. The number of nitrogens with zero attached hydrogens (tertiary/aromatic N) is 2. The fourth-order valence-corrected chi connectivity index (χ4v) is 5.31. The summed E-state index contributed by atoms with van der Waals surface area (Å²) in [5, 5.41) is 2.47. The highest BCUT2D eigenvalue weighted by molar-refractivity contribution is 7.92. The van der Waals surface area contributed by atoms with Gasteiger partial charge >= 0.3 is 6.18 Å². The highest BCUT2D eigenvalue weighted by Gasteiger charge is 2.35. The van der Waals surface area contributed by atoms with Crippen LogP contribution in [0.4, 0.5) is 18.9 Å². The lowest BCUT2D eigenvalue weighted by molar-refractivity contribution is -0.139. The van der Waals surface area contributed by atoms with Crippen LogP contribution in [0.1, 0.15) is 23.6 Å². The van der Waals surface area contributed by atoms with E-state index >= 15 is 0 Å². The third-order valence-electron chi connectivity index (χ3n) is 5.92. The molecule has 0 aromatic heterocycles. The van der Waals surface area contributed by atoms with Gasteiger partial charge in [-0.15, -0.1) is 0 Å². The summed E-state index contributed by atoms with van der Waals surface area (Å²) in [6.45, 7) is 2.51. The van der Waals surface area contributed by atoms with Crippen LogP contribution in [0.2, 0.25) is 0 Å². The van der Waals surface area contributed by atoms with Crippen LogP contribution in [-0.2, 0) is 32.3 Å². The smallest absolute Gasteiger partial charge is 0.357 e. The zero-order valence-electron chi connectivity index (χ0n) is 21.1. The third-order valence-corrected chi connectivity index (χ3v) is 7.71. The molecule has 3 aromatic rings. The molecule has 0 saturated heterocycles. The van der Waals surface area contributed by atoms with Crippen LogP contribution in [0, 0.1) is 6.92 Å². The number of carbonyl (C=O) groups excluding carboxylic acids is 2. The first-order valence-corrected chi connectivity index (χ1v) is 13.1. The lowest BCUT2D eigenvalue weighted by atomic mass is 10.1. The monoisotopic (exact) mass is 547 g/mol. The number of halogens is 3. The predicted octanol–water partition coefficient (Wildman–Crippen LogP) is 4.37. The Balaban J connectivity index is 2.08. The molecule has 0 aliphatic carbocycles. The topological polar surface area (TPSA) is 86.8 Å². The molecule has 0 fully saturated rings. The minimum absolute atomic E-state index is 0.0169. The van der Waals surface area contributed by atoms with Crippen molar-refractivity contribution in [3.8, 4) is 0 Å². The molecule has 11 heteroatoms. The summed E-state index contributed by atoms with van der Waals surface area (Å²) in [4.78, 5) is 27.1. The highest BCUT2D eigenvalue weighted by Crippen LogP contribution is 2.33. The average molecular weight is 548 g/mol. The second-order valence-corrected chi connectivity index (χ2v) is 10.5. The summed E-state index contributed by atoms with van der Waals surface area (Å²) in [7, 11) is -3.05. The van der Waals surface area contributed by atoms with Crippen molar-refractivity contribution in [3.63, 3.8) is 0 Å². The van der Waals surface area contributed by atoms with Gasteiger partial charge in [0.25, 0.3) is 10.0 Å². The van der Waals surface area contributed by atoms with Crippen molar-refractivity contribution in [2.24, 2.45) is 0 Å². The molecule has 0 aliphatic rings. The number of sulfonamides is 1. The van der Waals surface area contributed by atoms with Crippen LogP contribution >= 0.6 is 0 Å². The van der Waals surface area contributed by atoms with Gasteiger partial charge < -0.3 is 10.2 Å². The Morgan fingerprint density at radius 2 is 1.61 bits per heavy atom. The molecule has 3 rings (SSSR count). The molecule has 1 N–H and O–H groups in total. The molecule has 0 saturated carbocycles. The van der Waals surface area contributed by atoms with E-state index in [1.165, 1.54) is 49.2 Å². The molecule has 202 valence electrons. The van der Waals surface area contributed by atoms with Crippen LogP contribution in [-0.4, -0.2) is 44.8 Å². The van der Waals surface area contributed by atoms with Gasteiger partial charge in [0, 0.05) is 13.6 Å². The number of nitrogens with one attached hydrogen (secondary N) is 1. The van der Waals surface area contributed by atoms with Crippen molar-refractivity contribution in [3.05, 3.63) is 95.6 Å². The number of carbonyl (C=O) groups is 2. The molecule has 0 bridgehead atoms. The molecule has 0 spiro atoms. The number of likely N-dealkylation sites (N-methyl/N-ethyl adjacent to an activating group) is 1. The van der Waals surface area contributed by atoms with E-state index in [-0.39, 0.29) is 17.1 Å². The number of hydrogen-bond acceptors (Lipinski definition) is 4. The zero-order chi connectivity index (χ0) is 28.1. The molecule has 1 atom stereocenters. The van der Waals surface area contributed by atoms with Crippen molar-refractivity contribution < 1.29 is 31.2 Å². The van der Waals surface area contributed by atoms with Gasteiger partial charge in [-0.3, -0.25) is 13.9 Å². The van der Waals surface area contributed by atoms with Crippen LogP contribution in [0.15, 0.2) is 83.8 Å². The quantitative estimate of drug-likeness (QED) is 0.431. The van der Waals surface area contributed by atoms with Gasteiger partial charge in [0.15, 0.2) is 0 Å². The molecule has 0 aliphatic heterocycles. The maximum atomic E-state index is 13.7. The van der Waals surface area contributed by atoms with E-state index in [1.807, 2.05) is 19.1 Å². The van der Waals surface area contributed by atoms with Gasteiger partial charge in [-0.05, 0) is 49.7 Å². The number of benzene rings is 3. The Labute approximate surface area is 219 Å². The molecule has 7 nitrogen and oxygen atoms in total. The van der Waals surface area contributed by atoms with E-state index in [2.05, 4.69) is 5.32 Å². The minimum atomic E-state index is -4.73. The van der Waals surface area contributed by atoms with Crippen LogP contribution in [0.5, 0.6) is 0 Å². The zero-order valence-corrected chi connectivity index (χ0v) is 21.9. The number of anilines is 1. The van der Waals surface area contributed by atoms with Gasteiger partial charge in [0.05, 0.1) is 16.1 Å². The molecule has 0 radical (unpaired) electrons. The number of alkyl halides is 3. The summed E-state index contributed by atoms with van der Waals surface area (Å²) < 4.78 is 68.2. The van der Waals surface area contributed by atoms with Crippen LogP contribution in [0.25, 0.3) is 0 Å². The maximum Gasteiger partial charge on any atom is 0.416 e. The summed E-state index contributed by atoms with van der Waals surface area (Å²) in [5.41, 5.74) is 0.219. The van der Waals surface area contributed by atoms with Crippen LogP contribution in [0.3, 0.4) is 0 Å². The molecular weight excluding hydrogens is 519 g/mol. The largest absolute Gasteiger partial charge is 0.416 e. The molecule has 2 amide bonds. The molecule has 38 heavy (non-hydrogen) atoms. The first-order chi connectivity index (χ1) is 17.8. The van der Waals surface area contributed by atoms with Crippen molar-refractivity contribution in [1.82, 2.24) is 10.2 Å². The molecule has 3 aromatic carbocycles. The Bertz CT molecular complexity index is 1400. The number of amides is 2. The Morgan fingerprint density at radius 3 is 2.21 bits per heavy atom. The van der Waals surface area contributed by atoms with Gasteiger partial charge in [-0.25, -0.2) is 8.42 Å². The lowest BCUT2D eigenvalue weighted by Crippen LogP contribution is -2.50. The Hall–Kier alpha value is -3.86. The Morgan fingerprint density at radius 1 is 0.947 bits per heavy atom. The third kappa shape index (κ3) is 6.71. The fraction of sp³-hybridized carbons (Fsp3) is 0.259. The Kier molecular flexibility index (Phi) is 8.82. The first-order valence-electron chi connectivity index (χ1n) is 11.7. The molecule has 0 heterocycles. The minimum Gasteiger partial charge on any atom is -0.357 e. The van der Waals surface area contributed by atoms with Crippen molar-refractivity contribution >= 4 is 27.5 Å². The normalized spacial score (nSPS) is 12.5. The van der Waals surface area contributed by atoms with Gasteiger partial charge in [-0.1, -0.05) is 54.1 Å². The summed E-state index contributed by atoms with van der Waals surface area (Å²) in [6, 6.07) is 17.1. The first kappa shape index (κ1) is 28.7. The van der Waals surface area contributed by atoms with Gasteiger partial charge in [0.2, 0.25) is 11.8 Å². The average Bonchev–Trinajstić information content (AvgIpc) is 2.89. The standard InChI is InChI=1S/C27H28F3N3O4S/c1-19-9-7-10-21(15-19)17-32(20(2)26(35)31-3)25(34)18-33(38(36,37)24-13-5-4-6-14-24)23-12-8-11-22(16-23)27(28,29)30/h4-16,20H,17-18H2,1-3H3,(H,31,35). The van der Waals surface area contributed by atoms with Crippen molar-refractivity contribution in [2.75, 3.05) is 17.9 Å². The summed E-state index contributed by atoms with van der Waals surface area (Å²) in [5.74, 6) is -1.25. The molecule has 1 unspecified atom stereocenters. The number of aryl methyl sites for hydroxylation is 1. The van der Waals surface area contributed by atoms with E-state index in [1.54, 1.807) is 18.2 Å². The highest BCUT2D eigenvalue weighted by atomic mass is 32.2. The molecular formula is C27H28F3N3O4S. The second-order valence-electron chi connectivity index (χ2n) is 8.67. The van der Waals surface area contributed by atoms with Crippen molar-refractivity contribution in [1.29, 1.82) is 0 Å². The maximum absolute atomic E-state index is 13.7.